The van der Waals surface area contributed by atoms with E-state index < -0.39 is 42.1 Å². The van der Waals surface area contributed by atoms with Crippen LogP contribution in [0.1, 0.15) is 18.7 Å². The number of aromatic nitrogens is 3. The normalized spacial score (nSPS) is 27.2. The minimum atomic E-state index is -1.92. The molecule has 0 spiro atoms. The van der Waals surface area contributed by atoms with Crippen LogP contribution >= 0.6 is 0 Å². The van der Waals surface area contributed by atoms with E-state index >= 15 is 0 Å². The molecule has 2 fully saturated rings. The van der Waals surface area contributed by atoms with Gasteiger partial charge in [-0.25, -0.2) is 19.1 Å². The summed E-state index contributed by atoms with van der Waals surface area (Å²) < 4.78 is 31.3. The first kappa shape index (κ1) is 19.5. The number of fused-ring (bicyclic) bond motifs is 2. The molecule has 2 saturated heterocycles. The van der Waals surface area contributed by atoms with E-state index in [9.17, 15) is 14.9 Å². The minimum Gasteiger partial charge on any atom is -0.461 e. The molecule has 5 atom stereocenters. The van der Waals surface area contributed by atoms with Crippen molar-refractivity contribution >= 4 is 23.5 Å². The third kappa shape index (κ3) is 3.22. The maximum absolute atomic E-state index is 12.5. The molecular formula is C21H18N6O6. The molecule has 0 unspecified atom stereocenters. The molecule has 2 aliphatic heterocycles. The Labute approximate surface area is 188 Å². The fraction of sp³-hybridized carbons (Fsp3) is 0.286. The quantitative estimate of drug-likeness (QED) is 0.518. The molecule has 1 aromatic carbocycles. The van der Waals surface area contributed by atoms with Crippen molar-refractivity contribution in [2.24, 2.45) is 5.73 Å². The van der Waals surface area contributed by atoms with Gasteiger partial charge in [0, 0.05) is 0 Å². The van der Waals surface area contributed by atoms with E-state index in [1.165, 1.54) is 10.6 Å². The predicted molar refractivity (Wildman–Crippen MR) is 109 cm³/mol. The van der Waals surface area contributed by atoms with E-state index in [4.69, 9.17) is 31.8 Å². The zero-order valence-corrected chi connectivity index (χ0v) is 17.0. The summed E-state index contributed by atoms with van der Waals surface area (Å²) in [6, 6.07) is 10.9. The number of hydrogen-bond acceptors (Lipinski definition) is 11. The number of carbonyl (C=O) groups is 2. The van der Waals surface area contributed by atoms with Gasteiger partial charge in [-0.15, -0.1) is 0 Å². The van der Waals surface area contributed by atoms with Crippen LogP contribution in [0, 0.1) is 11.3 Å². The Bertz CT molecular complexity index is 1330. The lowest BCUT2D eigenvalue weighted by molar-refractivity contribution is -0.153. The lowest BCUT2D eigenvalue weighted by atomic mass is 9.92. The zero-order valence-electron chi connectivity index (χ0n) is 18.0. The number of nitrogen functional groups attached to an aromatic ring is 1. The van der Waals surface area contributed by atoms with Crippen molar-refractivity contribution in [2.75, 3.05) is 12.3 Å². The molecule has 12 nitrogen and oxygen atoms in total. The molecule has 12 heteroatoms. The third-order valence-electron chi connectivity index (χ3n) is 5.60. The Morgan fingerprint density at radius 2 is 2.15 bits per heavy atom. The maximum Gasteiger partial charge on any atom is 0.509 e. The van der Waals surface area contributed by atoms with Gasteiger partial charge in [-0.05, 0) is 17.7 Å². The summed E-state index contributed by atoms with van der Waals surface area (Å²) in [6.45, 7) is -0.366. The lowest BCUT2D eigenvalue weighted by Crippen LogP contribution is -2.39. The van der Waals surface area contributed by atoms with Gasteiger partial charge in [0.25, 0.3) is 0 Å². The second-order valence-electron chi connectivity index (χ2n) is 7.47. The second kappa shape index (κ2) is 7.73. The van der Waals surface area contributed by atoms with E-state index in [0.717, 1.165) is 6.33 Å². The fourth-order valence-corrected chi connectivity index (χ4v) is 4.01. The van der Waals surface area contributed by atoms with E-state index in [-0.39, 0.29) is 29.7 Å². The Hall–Kier alpha value is -4.21. The number of benzene rings is 1. The molecule has 0 bridgehead atoms. The summed E-state index contributed by atoms with van der Waals surface area (Å²) in [6.07, 6.45) is -3.18. The minimum absolute atomic E-state index is 0.0222. The molecule has 0 radical (unpaired) electrons. The summed E-state index contributed by atoms with van der Waals surface area (Å²) in [7, 11) is 0. The van der Waals surface area contributed by atoms with Crippen molar-refractivity contribution < 1.29 is 29.9 Å². The standard InChI is InChI=1S/C21H18N6O6/c22-9-21(14-7-6-12-18(24)25-10-26-27(12)14)17-16(31-20(29)32-17)13(33-21)8-30-19(28)15(23)11-4-2-1-3-5-11/h1-7,10,13,15-17H,8,23H2,(H2,24,25,26)/t13-,15+,16-,17-,21+/m1/s1/i6D. The number of hydrogen-bond donors (Lipinski definition) is 2. The van der Waals surface area contributed by atoms with Crippen molar-refractivity contribution in [3.63, 3.8) is 0 Å². The van der Waals surface area contributed by atoms with E-state index in [2.05, 4.69) is 10.1 Å². The van der Waals surface area contributed by atoms with E-state index in [1.54, 1.807) is 30.3 Å². The molecule has 33 heavy (non-hydrogen) atoms. The Morgan fingerprint density at radius 3 is 2.91 bits per heavy atom. The molecule has 5 rings (SSSR count). The van der Waals surface area contributed by atoms with E-state index in [1.807, 2.05) is 6.07 Å². The number of carbonyl (C=O) groups excluding carboxylic acids is 2. The highest BCUT2D eigenvalue weighted by atomic mass is 16.8. The van der Waals surface area contributed by atoms with Gasteiger partial charge in [-0.2, -0.15) is 10.4 Å². The van der Waals surface area contributed by atoms with E-state index in [0.29, 0.717) is 5.56 Å². The fourth-order valence-electron chi connectivity index (χ4n) is 4.01. The Balaban J connectivity index is 1.45. The number of anilines is 1. The second-order valence-corrected chi connectivity index (χ2v) is 7.47. The van der Waals surface area contributed by atoms with Crippen LogP contribution in [0.5, 0.6) is 0 Å². The SMILES string of the molecule is [2H]c1cc([C@]2(C#N)O[C@H](COC(=O)[C@@H](N)c3ccccc3)[C@H]3OC(=O)O[C@H]32)n2ncnc(N)c12. The first-order chi connectivity index (χ1) is 16.4. The molecular weight excluding hydrogens is 432 g/mol. The summed E-state index contributed by atoms with van der Waals surface area (Å²) in [5.41, 5.74) is 10.7. The topological polar surface area (TPSA) is 177 Å². The first-order valence-electron chi connectivity index (χ1n) is 10.4. The van der Waals surface area contributed by atoms with Gasteiger partial charge < -0.3 is 30.4 Å². The van der Waals surface area contributed by atoms with Gasteiger partial charge in [-0.3, -0.25) is 0 Å². The number of nitrogens with zero attached hydrogens (tertiary/aromatic N) is 4. The van der Waals surface area contributed by atoms with Gasteiger partial charge in [0.2, 0.25) is 5.60 Å². The van der Waals surface area contributed by atoms with Gasteiger partial charge in [-0.1, -0.05) is 30.3 Å². The van der Waals surface area contributed by atoms with Gasteiger partial charge >= 0.3 is 12.1 Å². The highest BCUT2D eigenvalue weighted by Gasteiger charge is 2.65. The lowest BCUT2D eigenvalue weighted by Gasteiger charge is -2.24. The van der Waals surface area contributed by atoms with Crippen LogP contribution in [0.25, 0.3) is 5.52 Å². The molecule has 4 N–H and O–H groups in total. The van der Waals surface area contributed by atoms with Crippen molar-refractivity contribution in [3.05, 3.63) is 60.0 Å². The average Bonchev–Trinajstić information content (AvgIpc) is 3.48. The number of esters is 1. The summed E-state index contributed by atoms with van der Waals surface area (Å²) in [4.78, 5) is 28.3. The smallest absolute Gasteiger partial charge is 0.461 e. The van der Waals surface area contributed by atoms with Crippen molar-refractivity contribution in [3.8, 4) is 6.07 Å². The van der Waals surface area contributed by atoms with Crippen LogP contribution in [-0.2, 0) is 29.3 Å². The average molecular weight is 451 g/mol. The van der Waals surface area contributed by atoms with Crippen molar-refractivity contribution in [1.29, 1.82) is 5.26 Å². The molecule has 0 amide bonds. The van der Waals surface area contributed by atoms with Crippen LogP contribution in [0.15, 0.2) is 48.8 Å². The van der Waals surface area contributed by atoms with Gasteiger partial charge in [0.05, 0.1) is 7.06 Å². The summed E-state index contributed by atoms with van der Waals surface area (Å²) >= 11 is 0. The molecule has 2 aliphatic rings. The maximum atomic E-state index is 12.5. The number of ether oxygens (including phenoxy) is 4. The largest absolute Gasteiger partial charge is 0.509 e. The van der Waals surface area contributed by atoms with Crippen molar-refractivity contribution in [2.45, 2.75) is 30.0 Å². The van der Waals surface area contributed by atoms with Crippen LogP contribution < -0.4 is 11.5 Å². The molecule has 168 valence electrons. The Kier molecular flexibility index (Phi) is 4.56. The summed E-state index contributed by atoms with van der Waals surface area (Å²) in [5, 5.41) is 14.3. The first-order valence-corrected chi connectivity index (χ1v) is 9.88. The predicted octanol–water partition coefficient (Wildman–Crippen LogP) is 0.576. The Morgan fingerprint density at radius 1 is 1.36 bits per heavy atom. The molecule has 0 aliphatic carbocycles. The van der Waals surface area contributed by atoms with Gasteiger partial charge in [0.15, 0.2) is 18.0 Å². The van der Waals surface area contributed by atoms with Crippen molar-refractivity contribution in [1.82, 2.24) is 14.6 Å². The van der Waals surface area contributed by atoms with Gasteiger partial charge in [0.1, 0.15) is 36.7 Å². The number of nitriles is 1. The molecule has 4 heterocycles. The van der Waals surface area contributed by atoms with Crippen LogP contribution in [0.4, 0.5) is 10.6 Å². The molecule has 0 saturated carbocycles. The van der Waals surface area contributed by atoms with Crippen LogP contribution in [0.3, 0.4) is 0 Å². The number of nitrogens with two attached hydrogens (primary N) is 2. The highest BCUT2D eigenvalue weighted by Crippen LogP contribution is 2.46. The molecule has 2 aromatic heterocycles. The van der Waals surface area contributed by atoms with Crippen LogP contribution in [-0.4, -0.2) is 51.6 Å². The third-order valence-corrected chi connectivity index (χ3v) is 5.60. The zero-order chi connectivity index (χ0) is 24.0. The molecule has 3 aromatic rings. The van der Waals surface area contributed by atoms with Crippen LogP contribution in [0.2, 0.25) is 0 Å². The monoisotopic (exact) mass is 451 g/mol. The number of rotatable bonds is 5. The summed E-state index contributed by atoms with van der Waals surface area (Å²) in [5.74, 6) is -0.706. The highest BCUT2D eigenvalue weighted by molar-refractivity contribution is 5.77.